The van der Waals surface area contributed by atoms with Crippen molar-refractivity contribution in [1.82, 2.24) is 9.97 Å². The minimum atomic E-state index is -4.39. The lowest BCUT2D eigenvalue weighted by Crippen LogP contribution is -2.15. The first-order valence-corrected chi connectivity index (χ1v) is 4.85. The molecule has 0 spiro atoms. The predicted octanol–water partition coefficient (Wildman–Crippen LogP) is 1.57. The van der Waals surface area contributed by atoms with Gasteiger partial charge in [-0.25, -0.2) is 4.98 Å². The van der Waals surface area contributed by atoms with Crippen molar-refractivity contribution in [3.05, 3.63) is 29.6 Å². The molecule has 1 heterocycles. The number of aliphatic hydroxyl groups is 1. The Morgan fingerprint density at radius 1 is 1.41 bits per heavy atom. The molecule has 0 amide bonds. The molecule has 1 aromatic heterocycles. The van der Waals surface area contributed by atoms with E-state index in [1.807, 2.05) is 0 Å². The number of aliphatic hydroxyl groups excluding tert-OH is 1. The summed E-state index contributed by atoms with van der Waals surface area (Å²) in [5.41, 5.74) is 5.40. The summed E-state index contributed by atoms with van der Waals surface area (Å²) in [6, 6.07) is 2.46. The van der Waals surface area contributed by atoms with Gasteiger partial charge in [-0.3, -0.25) is 0 Å². The second-order valence-corrected chi connectivity index (χ2v) is 3.64. The average Bonchev–Trinajstić information content (AvgIpc) is 2.69. The number of alkyl halides is 3. The van der Waals surface area contributed by atoms with Gasteiger partial charge in [-0.2, -0.15) is 13.2 Å². The highest BCUT2D eigenvalue weighted by Crippen LogP contribution is 2.31. The normalized spacial score (nSPS) is 14.2. The molecule has 2 aromatic rings. The van der Waals surface area contributed by atoms with E-state index in [1.165, 1.54) is 6.07 Å². The lowest BCUT2D eigenvalue weighted by Gasteiger charge is -2.05. The van der Waals surface area contributed by atoms with E-state index in [0.29, 0.717) is 5.52 Å². The summed E-state index contributed by atoms with van der Waals surface area (Å²) in [7, 11) is 0. The van der Waals surface area contributed by atoms with Crippen LogP contribution in [0.15, 0.2) is 18.2 Å². The van der Waals surface area contributed by atoms with Crippen LogP contribution >= 0.6 is 0 Å². The molecule has 0 aliphatic rings. The van der Waals surface area contributed by atoms with Crippen molar-refractivity contribution in [2.24, 2.45) is 5.73 Å². The Balaban J connectivity index is 2.48. The highest BCUT2D eigenvalue weighted by atomic mass is 19.4. The first-order chi connectivity index (χ1) is 7.91. The maximum atomic E-state index is 12.4. The van der Waals surface area contributed by atoms with Gasteiger partial charge < -0.3 is 15.8 Å². The number of aromatic nitrogens is 2. The first-order valence-electron chi connectivity index (χ1n) is 4.85. The lowest BCUT2D eigenvalue weighted by atomic mass is 10.2. The van der Waals surface area contributed by atoms with E-state index in [9.17, 15) is 13.2 Å². The average molecular weight is 245 g/mol. The molecule has 4 nitrogen and oxygen atoms in total. The zero-order valence-corrected chi connectivity index (χ0v) is 8.62. The quantitative estimate of drug-likeness (QED) is 0.751. The largest absolute Gasteiger partial charge is 0.416 e. The van der Waals surface area contributed by atoms with Gasteiger partial charge in [0.25, 0.3) is 0 Å². The Kier molecular flexibility index (Phi) is 2.80. The molecule has 0 aliphatic carbocycles. The standard InChI is InChI=1S/C10H10F3N3O/c11-10(12,13)5-1-2-7-8(3-5)16-9(15-7)6(14)4-17/h1-3,6,17H,4,14H2,(H,15,16). The van der Waals surface area contributed by atoms with Crippen LogP contribution in [0.3, 0.4) is 0 Å². The third-order valence-electron chi connectivity index (χ3n) is 2.38. The van der Waals surface area contributed by atoms with Crippen molar-refractivity contribution in [3.8, 4) is 0 Å². The number of imidazole rings is 1. The van der Waals surface area contributed by atoms with E-state index in [0.717, 1.165) is 12.1 Å². The van der Waals surface area contributed by atoms with E-state index in [1.54, 1.807) is 0 Å². The van der Waals surface area contributed by atoms with E-state index in [-0.39, 0.29) is 17.9 Å². The van der Waals surface area contributed by atoms with Crippen molar-refractivity contribution in [3.63, 3.8) is 0 Å². The molecule has 1 unspecified atom stereocenters. The number of H-pyrrole nitrogens is 1. The van der Waals surface area contributed by atoms with Crippen LogP contribution in [-0.2, 0) is 6.18 Å². The molecular weight excluding hydrogens is 235 g/mol. The second-order valence-electron chi connectivity index (χ2n) is 3.64. The topological polar surface area (TPSA) is 74.9 Å². The summed E-state index contributed by atoms with van der Waals surface area (Å²) in [5, 5.41) is 8.83. The lowest BCUT2D eigenvalue weighted by molar-refractivity contribution is -0.137. The summed E-state index contributed by atoms with van der Waals surface area (Å²) in [4.78, 5) is 6.66. The van der Waals surface area contributed by atoms with Crippen LogP contribution in [0, 0.1) is 0 Å². The fourth-order valence-corrected chi connectivity index (χ4v) is 1.47. The van der Waals surface area contributed by atoms with Crippen LogP contribution in [0.2, 0.25) is 0 Å². The molecule has 0 saturated carbocycles. The number of fused-ring (bicyclic) bond motifs is 1. The molecule has 0 saturated heterocycles. The number of rotatable bonds is 2. The van der Waals surface area contributed by atoms with Crippen LogP contribution in [0.5, 0.6) is 0 Å². The molecule has 92 valence electrons. The number of nitrogens with two attached hydrogens (primary N) is 1. The zero-order chi connectivity index (χ0) is 12.6. The van der Waals surface area contributed by atoms with Gasteiger partial charge in [-0.15, -0.1) is 0 Å². The Morgan fingerprint density at radius 3 is 2.71 bits per heavy atom. The molecule has 7 heteroatoms. The SMILES string of the molecule is NC(CO)c1nc2ccc(C(F)(F)F)cc2[nH]1. The highest BCUT2D eigenvalue weighted by Gasteiger charge is 2.30. The maximum absolute atomic E-state index is 12.4. The molecule has 0 radical (unpaired) electrons. The van der Waals surface area contributed by atoms with E-state index < -0.39 is 17.8 Å². The van der Waals surface area contributed by atoms with E-state index >= 15 is 0 Å². The number of hydrogen-bond acceptors (Lipinski definition) is 3. The van der Waals surface area contributed by atoms with Gasteiger partial charge in [0.15, 0.2) is 0 Å². The van der Waals surface area contributed by atoms with E-state index in [2.05, 4.69) is 9.97 Å². The van der Waals surface area contributed by atoms with Gasteiger partial charge in [0.2, 0.25) is 0 Å². The minimum Gasteiger partial charge on any atom is -0.394 e. The molecule has 4 N–H and O–H groups in total. The fourth-order valence-electron chi connectivity index (χ4n) is 1.47. The van der Waals surface area contributed by atoms with Gasteiger partial charge in [0.1, 0.15) is 5.82 Å². The van der Waals surface area contributed by atoms with Crippen LogP contribution in [0.4, 0.5) is 13.2 Å². The molecule has 0 bridgehead atoms. The molecule has 0 aliphatic heterocycles. The minimum absolute atomic E-state index is 0.249. The van der Waals surface area contributed by atoms with Crippen molar-refractivity contribution in [1.29, 1.82) is 0 Å². The van der Waals surface area contributed by atoms with Crippen LogP contribution < -0.4 is 5.73 Å². The van der Waals surface area contributed by atoms with Gasteiger partial charge in [-0.1, -0.05) is 0 Å². The second kappa shape index (κ2) is 4.01. The van der Waals surface area contributed by atoms with Crippen molar-refractivity contribution in [2.75, 3.05) is 6.61 Å². The Morgan fingerprint density at radius 2 is 2.12 bits per heavy atom. The Hall–Kier alpha value is -1.60. The van der Waals surface area contributed by atoms with Crippen molar-refractivity contribution >= 4 is 11.0 Å². The number of halogens is 3. The number of aromatic amines is 1. The summed E-state index contributed by atoms with van der Waals surface area (Å²) in [6.45, 7) is -0.327. The van der Waals surface area contributed by atoms with Gasteiger partial charge >= 0.3 is 6.18 Å². The molecule has 1 aromatic carbocycles. The predicted molar refractivity (Wildman–Crippen MR) is 55.1 cm³/mol. The zero-order valence-electron chi connectivity index (χ0n) is 8.62. The summed E-state index contributed by atoms with van der Waals surface area (Å²) in [5.74, 6) is 0.266. The maximum Gasteiger partial charge on any atom is 0.416 e. The summed E-state index contributed by atoms with van der Waals surface area (Å²) >= 11 is 0. The fraction of sp³-hybridized carbons (Fsp3) is 0.300. The highest BCUT2D eigenvalue weighted by molar-refractivity contribution is 5.76. The Labute approximate surface area is 94.3 Å². The summed E-state index contributed by atoms with van der Waals surface area (Å²) in [6.07, 6.45) is -4.39. The first kappa shape index (κ1) is 11.9. The number of nitrogens with one attached hydrogen (secondary N) is 1. The molecule has 1 atom stereocenters. The summed E-state index contributed by atoms with van der Waals surface area (Å²) < 4.78 is 37.3. The number of nitrogens with zero attached hydrogens (tertiary/aromatic N) is 1. The van der Waals surface area contributed by atoms with Gasteiger partial charge in [0, 0.05) is 0 Å². The molecule has 0 fully saturated rings. The third-order valence-corrected chi connectivity index (χ3v) is 2.38. The van der Waals surface area contributed by atoms with Gasteiger partial charge in [0.05, 0.1) is 29.2 Å². The number of hydrogen-bond donors (Lipinski definition) is 3. The van der Waals surface area contributed by atoms with Crippen LogP contribution in [-0.4, -0.2) is 21.7 Å². The number of benzene rings is 1. The molecular formula is C10H10F3N3O. The molecule has 17 heavy (non-hydrogen) atoms. The van der Waals surface area contributed by atoms with Crippen molar-refractivity contribution < 1.29 is 18.3 Å². The Bertz CT molecular complexity index is 535. The third kappa shape index (κ3) is 2.25. The van der Waals surface area contributed by atoms with E-state index in [4.69, 9.17) is 10.8 Å². The van der Waals surface area contributed by atoms with Gasteiger partial charge in [-0.05, 0) is 18.2 Å². The smallest absolute Gasteiger partial charge is 0.394 e. The molecule has 2 rings (SSSR count). The van der Waals surface area contributed by atoms with Crippen LogP contribution in [0.25, 0.3) is 11.0 Å². The van der Waals surface area contributed by atoms with Crippen molar-refractivity contribution in [2.45, 2.75) is 12.2 Å². The van der Waals surface area contributed by atoms with Crippen LogP contribution in [0.1, 0.15) is 17.4 Å². The monoisotopic (exact) mass is 245 g/mol.